The average Bonchev–Trinajstić information content (AvgIpc) is 2.79. The molecule has 4 heteroatoms. The molecule has 0 heterocycles. The van der Waals surface area contributed by atoms with Gasteiger partial charge in [0.2, 0.25) is 0 Å². The maximum absolute atomic E-state index is 13.4. The minimum atomic E-state index is -0.329. The zero-order chi connectivity index (χ0) is 20.1. The third-order valence-electron chi connectivity index (χ3n) is 5.26. The molecule has 2 amide bonds. The minimum Gasteiger partial charge on any atom is -0.484 e. The fraction of sp³-hybridized carbons (Fsp3) is 0.200. The minimum absolute atomic E-state index is 0.179. The fourth-order valence-electron chi connectivity index (χ4n) is 3.88. The van der Waals surface area contributed by atoms with Gasteiger partial charge in [0.25, 0.3) is 11.8 Å². The lowest BCUT2D eigenvalue weighted by atomic mass is 9.86. The Bertz CT molecular complexity index is 985. The number of fused-ring (bicyclic) bond motifs is 1. The van der Waals surface area contributed by atoms with Crippen molar-refractivity contribution >= 4 is 11.8 Å². The summed E-state index contributed by atoms with van der Waals surface area (Å²) in [4.78, 5) is 28.0. The number of rotatable bonds is 5. The summed E-state index contributed by atoms with van der Waals surface area (Å²) < 4.78 is 5.67. The fourth-order valence-corrected chi connectivity index (χ4v) is 3.88. The highest BCUT2D eigenvalue weighted by Crippen LogP contribution is 2.35. The van der Waals surface area contributed by atoms with Crippen LogP contribution in [0.25, 0.3) is 0 Å². The Labute approximate surface area is 170 Å². The molecule has 0 N–H and O–H groups in total. The smallest absolute Gasteiger partial charge is 0.267 e. The molecule has 1 aliphatic rings. The zero-order valence-electron chi connectivity index (χ0n) is 16.2. The number of carbonyl (C=O) groups is 2. The zero-order valence-corrected chi connectivity index (χ0v) is 16.2. The van der Waals surface area contributed by atoms with Gasteiger partial charge in [-0.2, -0.15) is 0 Å². The molecule has 0 bridgehead atoms. The monoisotopic (exact) mass is 385 g/mol. The Morgan fingerprint density at radius 2 is 1.52 bits per heavy atom. The highest BCUT2D eigenvalue weighted by atomic mass is 16.5. The summed E-state index contributed by atoms with van der Waals surface area (Å²) in [7, 11) is 0. The van der Waals surface area contributed by atoms with Crippen LogP contribution in [-0.4, -0.2) is 23.3 Å². The maximum atomic E-state index is 13.4. The van der Waals surface area contributed by atoms with E-state index < -0.39 is 0 Å². The van der Waals surface area contributed by atoms with Gasteiger partial charge in [-0.25, -0.2) is 0 Å². The number of imide groups is 1. The van der Waals surface area contributed by atoms with Crippen molar-refractivity contribution in [2.24, 2.45) is 0 Å². The van der Waals surface area contributed by atoms with Crippen molar-refractivity contribution in [1.82, 2.24) is 4.90 Å². The first-order valence-electron chi connectivity index (χ1n) is 9.91. The second kappa shape index (κ2) is 8.74. The summed E-state index contributed by atoms with van der Waals surface area (Å²) in [5, 5.41) is 0. The van der Waals surface area contributed by atoms with Crippen LogP contribution in [-0.2, 0) is 11.2 Å². The summed E-state index contributed by atoms with van der Waals surface area (Å²) >= 11 is 0. The molecule has 29 heavy (non-hydrogen) atoms. The SMILES string of the molecule is O=C(COc1ccccc1)N(C(=O)c1ccccc1)[C@H]1CCCc2ccccc21. The van der Waals surface area contributed by atoms with Crippen LogP contribution in [0.4, 0.5) is 0 Å². The van der Waals surface area contributed by atoms with E-state index in [1.807, 2.05) is 54.6 Å². The van der Waals surface area contributed by atoms with Crippen molar-refractivity contribution in [3.63, 3.8) is 0 Å². The normalized spacial score (nSPS) is 15.2. The summed E-state index contributed by atoms with van der Waals surface area (Å²) in [6, 6.07) is 26.0. The molecule has 0 fully saturated rings. The highest BCUT2D eigenvalue weighted by Gasteiger charge is 2.34. The van der Waals surface area contributed by atoms with Gasteiger partial charge in [-0.3, -0.25) is 14.5 Å². The first kappa shape index (κ1) is 18.9. The van der Waals surface area contributed by atoms with E-state index in [1.165, 1.54) is 10.5 Å². The lowest BCUT2D eigenvalue weighted by molar-refractivity contribution is -0.133. The lowest BCUT2D eigenvalue weighted by Crippen LogP contribution is -2.43. The van der Waals surface area contributed by atoms with E-state index >= 15 is 0 Å². The third-order valence-corrected chi connectivity index (χ3v) is 5.26. The van der Waals surface area contributed by atoms with Crippen LogP contribution in [0.3, 0.4) is 0 Å². The molecular formula is C25H23NO3. The molecule has 4 rings (SSSR count). The van der Waals surface area contributed by atoms with Gasteiger partial charge < -0.3 is 4.74 Å². The Hall–Kier alpha value is -3.40. The van der Waals surface area contributed by atoms with Gasteiger partial charge in [0, 0.05) is 5.56 Å². The Morgan fingerprint density at radius 3 is 2.28 bits per heavy atom. The van der Waals surface area contributed by atoms with E-state index in [9.17, 15) is 9.59 Å². The van der Waals surface area contributed by atoms with E-state index in [-0.39, 0.29) is 24.5 Å². The molecule has 0 aliphatic heterocycles. The molecule has 0 saturated carbocycles. The van der Waals surface area contributed by atoms with E-state index in [4.69, 9.17) is 4.74 Å². The molecule has 1 aliphatic carbocycles. The van der Waals surface area contributed by atoms with Gasteiger partial charge in [-0.05, 0) is 54.7 Å². The van der Waals surface area contributed by atoms with Gasteiger partial charge in [-0.15, -0.1) is 0 Å². The van der Waals surface area contributed by atoms with E-state index in [0.717, 1.165) is 24.8 Å². The molecule has 0 spiro atoms. The molecule has 0 saturated heterocycles. The Kier molecular flexibility index (Phi) is 5.71. The molecule has 4 nitrogen and oxygen atoms in total. The van der Waals surface area contributed by atoms with Crippen molar-refractivity contribution < 1.29 is 14.3 Å². The number of benzene rings is 3. The standard InChI is InChI=1S/C25H23NO3/c27-24(18-29-21-14-5-2-6-15-21)26(25(28)20-11-3-1-4-12-20)23-17-9-13-19-10-7-8-16-22(19)23/h1-8,10-12,14-16,23H,9,13,17-18H2/t23-/m0/s1. The molecule has 0 radical (unpaired) electrons. The number of para-hydroxylation sites is 1. The number of hydrogen-bond donors (Lipinski definition) is 0. The summed E-state index contributed by atoms with van der Waals surface area (Å²) in [6.07, 6.45) is 2.66. The predicted octanol–water partition coefficient (Wildman–Crippen LogP) is 4.81. The van der Waals surface area contributed by atoms with Crippen molar-refractivity contribution in [2.75, 3.05) is 6.61 Å². The molecule has 0 unspecified atom stereocenters. The quantitative estimate of drug-likeness (QED) is 0.633. The highest BCUT2D eigenvalue weighted by molar-refractivity contribution is 6.05. The summed E-state index contributed by atoms with van der Waals surface area (Å²) in [5.74, 6) is -0.00428. The molecule has 3 aromatic carbocycles. The number of hydrogen-bond acceptors (Lipinski definition) is 3. The second-order valence-corrected chi connectivity index (χ2v) is 7.14. The predicted molar refractivity (Wildman–Crippen MR) is 112 cm³/mol. The van der Waals surface area contributed by atoms with Gasteiger partial charge >= 0.3 is 0 Å². The van der Waals surface area contributed by atoms with Crippen LogP contribution in [0.5, 0.6) is 5.75 Å². The van der Waals surface area contributed by atoms with Crippen LogP contribution in [0, 0.1) is 0 Å². The first-order chi connectivity index (χ1) is 14.2. The molecule has 1 atom stereocenters. The van der Waals surface area contributed by atoms with E-state index in [0.29, 0.717) is 11.3 Å². The summed E-state index contributed by atoms with van der Waals surface area (Å²) in [6.45, 7) is -0.179. The van der Waals surface area contributed by atoms with Crippen molar-refractivity contribution in [1.29, 1.82) is 0 Å². The topological polar surface area (TPSA) is 46.6 Å². The number of aryl methyl sites for hydroxylation is 1. The lowest BCUT2D eigenvalue weighted by Gasteiger charge is -2.34. The molecule has 0 aromatic heterocycles. The van der Waals surface area contributed by atoms with Crippen molar-refractivity contribution in [2.45, 2.75) is 25.3 Å². The number of amides is 2. The van der Waals surface area contributed by atoms with E-state index in [1.54, 1.807) is 24.3 Å². The molecule has 146 valence electrons. The second-order valence-electron chi connectivity index (χ2n) is 7.14. The molecule has 3 aromatic rings. The van der Waals surface area contributed by atoms with Crippen LogP contribution in [0.2, 0.25) is 0 Å². The number of ether oxygens (including phenoxy) is 1. The first-order valence-corrected chi connectivity index (χ1v) is 9.91. The number of nitrogens with zero attached hydrogens (tertiary/aromatic N) is 1. The maximum Gasteiger partial charge on any atom is 0.267 e. The summed E-state index contributed by atoms with van der Waals surface area (Å²) in [5.41, 5.74) is 2.76. The van der Waals surface area contributed by atoms with E-state index in [2.05, 4.69) is 6.07 Å². The van der Waals surface area contributed by atoms with Gasteiger partial charge in [0.05, 0.1) is 6.04 Å². The molecular weight excluding hydrogens is 362 g/mol. The average molecular weight is 385 g/mol. The van der Waals surface area contributed by atoms with Crippen LogP contribution < -0.4 is 4.74 Å². The van der Waals surface area contributed by atoms with Crippen molar-refractivity contribution in [3.8, 4) is 5.75 Å². The number of carbonyl (C=O) groups excluding carboxylic acids is 2. The third kappa shape index (κ3) is 4.21. The Morgan fingerprint density at radius 1 is 0.862 bits per heavy atom. The Balaban J connectivity index is 1.64. The van der Waals surface area contributed by atoms with Crippen LogP contribution >= 0.6 is 0 Å². The van der Waals surface area contributed by atoms with Gasteiger partial charge in [0.1, 0.15) is 5.75 Å². The largest absolute Gasteiger partial charge is 0.484 e. The van der Waals surface area contributed by atoms with Crippen LogP contribution in [0.1, 0.15) is 40.4 Å². The van der Waals surface area contributed by atoms with Crippen LogP contribution in [0.15, 0.2) is 84.9 Å². The van der Waals surface area contributed by atoms with Gasteiger partial charge in [0.15, 0.2) is 6.61 Å². The van der Waals surface area contributed by atoms with Crippen molar-refractivity contribution in [3.05, 3.63) is 102 Å². The van der Waals surface area contributed by atoms with Gasteiger partial charge in [-0.1, -0.05) is 60.7 Å².